The predicted molar refractivity (Wildman–Crippen MR) is 44.0 cm³/mol. The maximum Gasteiger partial charge on any atom is 0.123 e. The Hall–Kier alpha value is -1.44. The molecule has 0 saturated heterocycles. The zero-order valence-corrected chi connectivity index (χ0v) is 6.10. The summed E-state index contributed by atoms with van der Waals surface area (Å²) < 4.78 is 0. The van der Waals surface area contributed by atoms with Crippen molar-refractivity contribution in [2.45, 2.75) is 6.42 Å². The summed E-state index contributed by atoms with van der Waals surface area (Å²) in [5.41, 5.74) is 0.884. The maximum absolute atomic E-state index is 9.92. The second-order valence-electron chi connectivity index (χ2n) is 2.06. The Labute approximate surface area is 65.6 Å². The number of hydrogen-bond acceptors (Lipinski definition) is 2. The zero-order chi connectivity index (χ0) is 7.94. The third-order valence-electron chi connectivity index (χ3n) is 1.21. The summed E-state index contributed by atoms with van der Waals surface area (Å²) in [5, 5.41) is 0. The molecule has 1 aromatic rings. The second kappa shape index (κ2) is 4.39. The van der Waals surface area contributed by atoms with E-state index in [4.69, 9.17) is 0 Å². The van der Waals surface area contributed by atoms with Gasteiger partial charge in [0.05, 0.1) is 5.69 Å². The molecule has 0 bridgehead atoms. The number of allylic oxidation sites excluding steroid dienone is 1. The lowest BCUT2D eigenvalue weighted by Gasteiger charge is -1.87. The van der Waals surface area contributed by atoms with Gasteiger partial charge in [-0.05, 0) is 18.2 Å². The van der Waals surface area contributed by atoms with Crippen molar-refractivity contribution in [3.8, 4) is 0 Å². The van der Waals surface area contributed by atoms with Crippen molar-refractivity contribution in [1.29, 1.82) is 0 Å². The van der Waals surface area contributed by atoms with Gasteiger partial charge in [0.2, 0.25) is 0 Å². The van der Waals surface area contributed by atoms with Crippen LogP contribution in [0.25, 0.3) is 6.08 Å². The fourth-order valence-electron chi connectivity index (χ4n) is 0.719. The van der Waals surface area contributed by atoms with E-state index in [1.54, 1.807) is 12.3 Å². The summed E-state index contributed by atoms with van der Waals surface area (Å²) in [5.74, 6) is 0. The number of carbonyl (C=O) groups excluding carboxylic acids is 1. The van der Waals surface area contributed by atoms with Gasteiger partial charge in [-0.1, -0.05) is 12.1 Å². The molecule has 2 nitrogen and oxygen atoms in total. The number of carbonyl (C=O) groups is 1. The number of pyridine rings is 1. The first-order chi connectivity index (χ1) is 5.43. The van der Waals surface area contributed by atoms with Crippen LogP contribution in [-0.2, 0) is 4.79 Å². The molecule has 0 fully saturated rings. The first-order valence-corrected chi connectivity index (χ1v) is 3.44. The minimum absolute atomic E-state index is 0.455. The van der Waals surface area contributed by atoms with E-state index in [1.807, 2.05) is 24.3 Å². The molecule has 1 heterocycles. The number of aldehydes is 1. The average molecular weight is 147 g/mol. The van der Waals surface area contributed by atoms with E-state index in [9.17, 15) is 4.79 Å². The van der Waals surface area contributed by atoms with Crippen molar-refractivity contribution in [2.24, 2.45) is 0 Å². The van der Waals surface area contributed by atoms with Crippen LogP contribution in [0.5, 0.6) is 0 Å². The standard InChI is InChI=1S/C9H9NO/c11-8-4-2-6-9-5-1-3-7-10-9/h1-3,5-8H,4H2. The second-order valence-corrected chi connectivity index (χ2v) is 2.06. The highest BCUT2D eigenvalue weighted by Crippen LogP contribution is 1.96. The largest absolute Gasteiger partial charge is 0.303 e. The Morgan fingerprint density at radius 2 is 2.36 bits per heavy atom. The molecule has 0 saturated carbocycles. The Morgan fingerprint density at radius 3 is 3.00 bits per heavy atom. The van der Waals surface area contributed by atoms with Crippen LogP contribution >= 0.6 is 0 Å². The smallest absolute Gasteiger partial charge is 0.123 e. The topological polar surface area (TPSA) is 30.0 Å². The van der Waals surface area contributed by atoms with Crippen molar-refractivity contribution in [2.75, 3.05) is 0 Å². The number of aromatic nitrogens is 1. The van der Waals surface area contributed by atoms with Crippen LogP contribution in [0.3, 0.4) is 0 Å². The van der Waals surface area contributed by atoms with Crippen LogP contribution < -0.4 is 0 Å². The molecule has 56 valence electrons. The molecule has 0 unspecified atom stereocenters. The Bertz CT molecular complexity index is 241. The first-order valence-electron chi connectivity index (χ1n) is 3.44. The van der Waals surface area contributed by atoms with Crippen LogP contribution in [-0.4, -0.2) is 11.3 Å². The molecule has 0 spiro atoms. The summed E-state index contributed by atoms with van der Waals surface area (Å²) in [6, 6.07) is 5.66. The molecule has 2 heteroatoms. The van der Waals surface area contributed by atoms with Crippen molar-refractivity contribution in [3.63, 3.8) is 0 Å². The van der Waals surface area contributed by atoms with Crippen molar-refractivity contribution >= 4 is 12.4 Å². The molecule has 1 rings (SSSR count). The lowest BCUT2D eigenvalue weighted by molar-refractivity contribution is -0.107. The van der Waals surface area contributed by atoms with Gasteiger partial charge in [-0.3, -0.25) is 4.98 Å². The summed E-state index contributed by atoms with van der Waals surface area (Å²) in [7, 11) is 0. The highest BCUT2D eigenvalue weighted by atomic mass is 16.1. The van der Waals surface area contributed by atoms with Crippen molar-refractivity contribution in [3.05, 3.63) is 36.2 Å². The molecule has 0 atom stereocenters. The molecule has 11 heavy (non-hydrogen) atoms. The molecule has 0 N–H and O–H groups in total. The normalized spacial score (nSPS) is 10.2. The molecule has 0 aliphatic carbocycles. The third kappa shape index (κ3) is 2.76. The van der Waals surface area contributed by atoms with E-state index >= 15 is 0 Å². The summed E-state index contributed by atoms with van der Waals surface area (Å²) in [4.78, 5) is 14.0. The van der Waals surface area contributed by atoms with Gasteiger partial charge in [0, 0.05) is 12.6 Å². The Morgan fingerprint density at radius 1 is 1.45 bits per heavy atom. The Balaban J connectivity index is 2.57. The van der Waals surface area contributed by atoms with E-state index in [1.165, 1.54) is 0 Å². The lowest BCUT2D eigenvalue weighted by atomic mass is 10.3. The van der Waals surface area contributed by atoms with E-state index in [2.05, 4.69) is 4.98 Å². The van der Waals surface area contributed by atoms with Crippen molar-refractivity contribution < 1.29 is 4.79 Å². The lowest BCUT2D eigenvalue weighted by Crippen LogP contribution is -1.76. The molecular weight excluding hydrogens is 138 g/mol. The molecule has 0 amide bonds. The van der Waals surface area contributed by atoms with Crippen LogP contribution in [0.1, 0.15) is 12.1 Å². The monoisotopic (exact) mass is 147 g/mol. The SMILES string of the molecule is O=CCC=Cc1ccccn1. The summed E-state index contributed by atoms with van der Waals surface area (Å²) >= 11 is 0. The van der Waals surface area contributed by atoms with Crippen LogP contribution in [0.15, 0.2) is 30.5 Å². The van der Waals surface area contributed by atoms with Gasteiger partial charge in [0.1, 0.15) is 6.29 Å². The first kappa shape index (κ1) is 7.66. The fraction of sp³-hybridized carbons (Fsp3) is 0.111. The van der Waals surface area contributed by atoms with Crippen LogP contribution in [0, 0.1) is 0 Å². The Kier molecular flexibility index (Phi) is 3.06. The van der Waals surface area contributed by atoms with Crippen LogP contribution in [0.2, 0.25) is 0 Å². The fourth-order valence-corrected chi connectivity index (χ4v) is 0.719. The molecule has 0 aliphatic heterocycles. The van der Waals surface area contributed by atoms with Crippen molar-refractivity contribution in [1.82, 2.24) is 4.98 Å². The van der Waals surface area contributed by atoms with Gasteiger partial charge in [0.15, 0.2) is 0 Å². The van der Waals surface area contributed by atoms with Gasteiger partial charge in [-0.25, -0.2) is 0 Å². The highest BCUT2D eigenvalue weighted by Gasteiger charge is 1.81. The van der Waals surface area contributed by atoms with E-state index in [-0.39, 0.29) is 0 Å². The minimum Gasteiger partial charge on any atom is -0.303 e. The zero-order valence-electron chi connectivity index (χ0n) is 6.10. The number of hydrogen-bond donors (Lipinski definition) is 0. The van der Waals surface area contributed by atoms with E-state index < -0.39 is 0 Å². The summed E-state index contributed by atoms with van der Waals surface area (Å²) in [6.45, 7) is 0. The van der Waals surface area contributed by atoms with Gasteiger partial charge < -0.3 is 4.79 Å². The maximum atomic E-state index is 9.92. The van der Waals surface area contributed by atoms with Gasteiger partial charge in [-0.15, -0.1) is 0 Å². The minimum atomic E-state index is 0.455. The van der Waals surface area contributed by atoms with Gasteiger partial charge in [0.25, 0.3) is 0 Å². The molecule has 1 aromatic heterocycles. The molecular formula is C9H9NO. The van der Waals surface area contributed by atoms with Gasteiger partial charge >= 0.3 is 0 Å². The van der Waals surface area contributed by atoms with Crippen LogP contribution in [0.4, 0.5) is 0 Å². The quantitative estimate of drug-likeness (QED) is 0.609. The molecule has 0 aromatic carbocycles. The number of rotatable bonds is 3. The molecule has 0 radical (unpaired) electrons. The van der Waals surface area contributed by atoms with Gasteiger partial charge in [-0.2, -0.15) is 0 Å². The predicted octanol–water partition coefficient (Wildman–Crippen LogP) is 1.68. The average Bonchev–Trinajstić information content (AvgIpc) is 2.07. The van der Waals surface area contributed by atoms with E-state index in [0.29, 0.717) is 6.42 Å². The van der Waals surface area contributed by atoms with E-state index in [0.717, 1.165) is 12.0 Å². The summed E-state index contributed by atoms with van der Waals surface area (Å²) in [6.07, 6.45) is 6.65. The highest BCUT2D eigenvalue weighted by molar-refractivity contribution is 5.56. The molecule has 0 aliphatic rings. The number of nitrogens with zero attached hydrogens (tertiary/aromatic N) is 1. The third-order valence-corrected chi connectivity index (χ3v) is 1.21.